The van der Waals surface area contributed by atoms with Crippen LogP contribution < -0.4 is 5.32 Å². The lowest BCUT2D eigenvalue weighted by Gasteiger charge is -2.23. The number of carbonyl (C=O) groups excluding carboxylic acids is 1. The highest BCUT2D eigenvalue weighted by atomic mass is 16.7. The number of carbonyl (C=O) groups is 1. The van der Waals surface area contributed by atoms with E-state index in [0.29, 0.717) is 19.4 Å². The Balaban J connectivity index is 3.93. The SMILES string of the molecule is C#CCCOC(CC)OC(=O)NC(C)(C)C. The Morgan fingerprint density at radius 2 is 2.12 bits per heavy atom. The van der Waals surface area contributed by atoms with Crippen LogP contribution in [0.1, 0.15) is 40.5 Å². The molecule has 4 heteroatoms. The maximum atomic E-state index is 11.4. The zero-order valence-corrected chi connectivity index (χ0v) is 10.5. The highest BCUT2D eigenvalue weighted by molar-refractivity contribution is 5.68. The molecule has 0 radical (unpaired) electrons. The molecule has 1 N–H and O–H groups in total. The van der Waals surface area contributed by atoms with Crippen LogP contribution in [-0.4, -0.2) is 24.5 Å². The van der Waals surface area contributed by atoms with Gasteiger partial charge in [-0.05, 0) is 20.8 Å². The summed E-state index contributed by atoms with van der Waals surface area (Å²) in [6.45, 7) is 7.93. The summed E-state index contributed by atoms with van der Waals surface area (Å²) >= 11 is 0. The molecule has 0 rings (SSSR count). The van der Waals surface area contributed by atoms with Crippen LogP contribution >= 0.6 is 0 Å². The maximum absolute atomic E-state index is 11.4. The van der Waals surface area contributed by atoms with E-state index in [-0.39, 0.29) is 5.54 Å². The van der Waals surface area contributed by atoms with Crippen molar-refractivity contribution in [2.75, 3.05) is 6.61 Å². The van der Waals surface area contributed by atoms with Crippen molar-refractivity contribution in [3.8, 4) is 12.3 Å². The van der Waals surface area contributed by atoms with Crippen molar-refractivity contribution >= 4 is 6.09 Å². The average molecular weight is 227 g/mol. The molecule has 0 aliphatic heterocycles. The number of ether oxygens (including phenoxy) is 2. The first-order valence-corrected chi connectivity index (χ1v) is 5.43. The minimum Gasteiger partial charge on any atom is -0.420 e. The summed E-state index contributed by atoms with van der Waals surface area (Å²) in [7, 11) is 0. The topological polar surface area (TPSA) is 47.6 Å². The molecular weight excluding hydrogens is 206 g/mol. The molecular formula is C12H21NO3. The van der Waals surface area contributed by atoms with Crippen LogP contribution in [0.25, 0.3) is 0 Å². The summed E-state index contributed by atoms with van der Waals surface area (Å²) in [4.78, 5) is 11.4. The quantitative estimate of drug-likeness (QED) is 0.445. The second-order valence-electron chi connectivity index (χ2n) is 4.44. The lowest BCUT2D eigenvalue weighted by Crippen LogP contribution is -2.42. The standard InChI is InChI=1S/C12H21NO3/c1-6-8-9-15-10(7-2)16-11(14)13-12(3,4)5/h1,10H,7-9H2,2-5H3,(H,13,14). The Morgan fingerprint density at radius 1 is 1.50 bits per heavy atom. The lowest BCUT2D eigenvalue weighted by molar-refractivity contribution is -0.104. The minimum absolute atomic E-state index is 0.311. The highest BCUT2D eigenvalue weighted by Crippen LogP contribution is 2.04. The van der Waals surface area contributed by atoms with Gasteiger partial charge in [0.05, 0.1) is 6.61 Å². The van der Waals surface area contributed by atoms with Gasteiger partial charge in [0.2, 0.25) is 6.29 Å². The third-order valence-electron chi connectivity index (χ3n) is 1.60. The molecule has 0 spiro atoms. The largest absolute Gasteiger partial charge is 0.420 e. The van der Waals surface area contributed by atoms with Crippen LogP contribution in [0.3, 0.4) is 0 Å². The van der Waals surface area contributed by atoms with Gasteiger partial charge >= 0.3 is 6.09 Å². The second-order valence-corrected chi connectivity index (χ2v) is 4.44. The highest BCUT2D eigenvalue weighted by Gasteiger charge is 2.18. The van der Waals surface area contributed by atoms with Gasteiger partial charge < -0.3 is 14.8 Å². The summed E-state index contributed by atoms with van der Waals surface area (Å²) in [5, 5.41) is 2.69. The summed E-state index contributed by atoms with van der Waals surface area (Å²) in [5.41, 5.74) is -0.311. The predicted molar refractivity (Wildman–Crippen MR) is 62.9 cm³/mol. The molecule has 1 amide bonds. The Hall–Kier alpha value is -1.21. The zero-order valence-electron chi connectivity index (χ0n) is 10.5. The first-order chi connectivity index (χ1) is 7.39. The van der Waals surface area contributed by atoms with E-state index in [2.05, 4.69) is 11.2 Å². The van der Waals surface area contributed by atoms with Crippen LogP contribution in [0.15, 0.2) is 0 Å². The van der Waals surface area contributed by atoms with Gasteiger partial charge in [-0.25, -0.2) is 4.79 Å². The molecule has 1 atom stereocenters. The fraction of sp³-hybridized carbons (Fsp3) is 0.750. The predicted octanol–water partition coefficient (Wildman–Crippen LogP) is 2.29. The van der Waals surface area contributed by atoms with Gasteiger partial charge in [-0.2, -0.15) is 0 Å². The number of amides is 1. The fourth-order valence-electron chi connectivity index (χ4n) is 0.940. The average Bonchev–Trinajstić information content (AvgIpc) is 2.13. The number of rotatable bonds is 5. The van der Waals surface area contributed by atoms with Crippen molar-refractivity contribution in [3.05, 3.63) is 0 Å². The molecule has 0 aromatic rings. The van der Waals surface area contributed by atoms with Crippen LogP contribution in [0.4, 0.5) is 4.79 Å². The molecule has 0 saturated carbocycles. The molecule has 0 aliphatic rings. The van der Waals surface area contributed by atoms with E-state index in [4.69, 9.17) is 15.9 Å². The van der Waals surface area contributed by atoms with Gasteiger partial charge in [0.25, 0.3) is 0 Å². The molecule has 0 saturated heterocycles. The van der Waals surface area contributed by atoms with Gasteiger partial charge in [-0.15, -0.1) is 12.3 Å². The molecule has 0 bridgehead atoms. The van der Waals surface area contributed by atoms with Gasteiger partial charge in [-0.3, -0.25) is 0 Å². The zero-order chi connectivity index (χ0) is 12.6. The first kappa shape index (κ1) is 14.8. The van der Waals surface area contributed by atoms with E-state index >= 15 is 0 Å². The Bertz CT molecular complexity index is 250. The van der Waals surface area contributed by atoms with Crippen molar-refractivity contribution in [1.29, 1.82) is 0 Å². The first-order valence-electron chi connectivity index (χ1n) is 5.43. The molecule has 0 aliphatic carbocycles. The summed E-state index contributed by atoms with van der Waals surface area (Å²) in [6, 6.07) is 0. The van der Waals surface area contributed by atoms with Crippen molar-refractivity contribution in [3.63, 3.8) is 0 Å². The Labute approximate surface area is 97.7 Å². The van der Waals surface area contributed by atoms with Crippen LogP contribution in [-0.2, 0) is 9.47 Å². The third kappa shape index (κ3) is 8.13. The molecule has 0 aromatic carbocycles. The summed E-state index contributed by atoms with van der Waals surface area (Å²) in [6.07, 6.45) is 5.20. The minimum atomic E-state index is -0.532. The monoisotopic (exact) mass is 227 g/mol. The van der Waals surface area contributed by atoms with E-state index in [9.17, 15) is 4.79 Å². The van der Waals surface area contributed by atoms with E-state index < -0.39 is 12.4 Å². The molecule has 16 heavy (non-hydrogen) atoms. The second kappa shape index (κ2) is 7.13. The fourth-order valence-corrected chi connectivity index (χ4v) is 0.940. The Morgan fingerprint density at radius 3 is 2.56 bits per heavy atom. The number of hydrogen-bond donors (Lipinski definition) is 1. The van der Waals surface area contributed by atoms with E-state index in [1.54, 1.807) is 0 Å². The smallest absolute Gasteiger partial charge is 0.409 e. The summed E-state index contributed by atoms with van der Waals surface area (Å²) in [5.74, 6) is 2.46. The Kier molecular flexibility index (Phi) is 6.59. The maximum Gasteiger partial charge on any atom is 0.409 e. The van der Waals surface area contributed by atoms with Gasteiger partial charge in [-0.1, -0.05) is 6.92 Å². The van der Waals surface area contributed by atoms with Crippen LogP contribution in [0.5, 0.6) is 0 Å². The molecule has 0 fully saturated rings. The van der Waals surface area contributed by atoms with Gasteiger partial charge in [0.1, 0.15) is 0 Å². The number of nitrogens with one attached hydrogen (secondary N) is 1. The van der Waals surface area contributed by atoms with Crippen molar-refractivity contribution in [2.45, 2.75) is 52.4 Å². The summed E-state index contributed by atoms with van der Waals surface area (Å²) < 4.78 is 10.4. The number of hydrogen-bond acceptors (Lipinski definition) is 3. The van der Waals surface area contributed by atoms with Crippen LogP contribution in [0, 0.1) is 12.3 Å². The van der Waals surface area contributed by atoms with Crippen molar-refractivity contribution in [2.24, 2.45) is 0 Å². The number of alkyl carbamates (subject to hydrolysis) is 1. The normalized spacial score (nSPS) is 12.7. The van der Waals surface area contributed by atoms with E-state index in [1.807, 2.05) is 27.7 Å². The third-order valence-corrected chi connectivity index (χ3v) is 1.60. The van der Waals surface area contributed by atoms with Crippen molar-refractivity contribution < 1.29 is 14.3 Å². The van der Waals surface area contributed by atoms with Gasteiger partial charge in [0.15, 0.2) is 0 Å². The molecule has 1 unspecified atom stereocenters. The molecule has 4 nitrogen and oxygen atoms in total. The molecule has 0 aromatic heterocycles. The lowest BCUT2D eigenvalue weighted by atomic mass is 10.1. The van der Waals surface area contributed by atoms with Crippen molar-refractivity contribution in [1.82, 2.24) is 5.32 Å². The van der Waals surface area contributed by atoms with E-state index in [1.165, 1.54) is 0 Å². The van der Waals surface area contributed by atoms with Crippen LogP contribution in [0.2, 0.25) is 0 Å². The van der Waals surface area contributed by atoms with E-state index in [0.717, 1.165) is 0 Å². The molecule has 0 heterocycles. The van der Waals surface area contributed by atoms with Gasteiger partial charge in [0, 0.05) is 18.4 Å². The molecule has 92 valence electrons. The number of terminal acetylenes is 1.